The van der Waals surface area contributed by atoms with Crippen molar-refractivity contribution in [2.75, 3.05) is 6.79 Å². The summed E-state index contributed by atoms with van der Waals surface area (Å²) < 4.78 is 16.1. The topological polar surface area (TPSA) is 77.9 Å². The molecule has 1 aromatic carbocycles. The number of rotatable bonds is 4. The number of carbonyl (C=O) groups is 1. The van der Waals surface area contributed by atoms with Crippen molar-refractivity contribution in [3.63, 3.8) is 0 Å². The van der Waals surface area contributed by atoms with Gasteiger partial charge >= 0.3 is 5.97 Å². The molecule has 2 heterocycles. The summed E-state index contributed by atoms with van der Waals surface area (Å²) in [4.78, 5) is 15.0. The highest BCUT2D eigenvalue weighted by Gasteiger charge is 2.14. The summed E-state index contributed by atoms with van der Waals surface area (Å²) in [7, 11) is 0. The molecule has 1 aliphatic heterocycles. The number of carboxylic acids is 1. The molecule has 0 unspecified atom stereocenters. The second-order valence-corrected chi connectivity index (χ2v) is 4.56. The maximum atomic E-state index is 10.9. The molecule has 0 bridgehead atoms. The summed E-state index contributed by atoms with van der Waals surface area (Å²) in [5, 5.41) is 8.95. The van der Waals surface area contributed by atoms with Crippen molar-refractivity contribution in [3.05, 3.63) is 47.2 Å². The molecule has 6 heteroatoms. The van der Waals surface area contributed by atoms with Crippen molar-refractivity contribution in [1.29, 1.82) is 0 Å². The number of hydrogen-bond donors (Lipinski definition) is 1. The molecule has 1 aliphatic rings. The second-order valence-electron chi connectivity index (χ2n) is 4.56. The molecule has 0 atom stereocenters. The van der Waals surface area contributed by atoms with Crippen LogP contribution in [0.3, 0.4) is 0 Å². The van der Waals surface area contributed by atoms with Gasteiger partial charge in [-0.2, -0.15) is 0 Å². The third-order valence-electron chi connectivity index (χ3n) is 3.11. The van der Waals surface area contributed by atoms with Crippen molar-refractivity contribution in [2.24, 2.45) is 0 Å². The minimum absolute atomic E-state index is 0.172. The predicted molar refractivity (Wildman–Crippen MR) is 72.8 cm³/mol. The molecular formula is C15H13NO5. The van der Waals surface area contributed by atoms with Gasteiger partial charge in [0, 0.05) is 6.07 Å². The Morgan fingerprint density at radius 3 is 2.86 bits per heavy atom. The van der Waals surface area contributed by atoms with E-state index in [4.69, 9.17) is 19.3 Å². The number of aryl methyl sites for hydroxylation is 1. The third-order valence-corrected chi connectivity index (χ3v) is 3.11. The molecule has 6 nitrogen and oxygen atoms in total. The third kappa shape index (κ3) is 2.74. The molecule has 108 valence electrons. The summed E-state index contributed by atoms with van der Waals surface area (Å²) in [5.74, 6) is 0.803. The zero-order valence-electron chi connectivity index (χ0n) is 11.3. The van der Waals surface area contributed by atoms with E-state index >= 15 is 0 Å². The highest BCUT2D eigenvalue weighted by molar-refractivity contribution is 5.88. The van der Waals surface area contributed by atoms with Crippen LogP contribution in [-0.2, 0) is 6.61 Å². The quantitative estimate of drug-likeness (QED) is 0.930. The fraction of sp³-hybridized carbons (Fsp3) is 0.200. The van der Waals surface area contributed by atoms with Gasteiger partial charge in [-0.3, -0.25) is 0 Å². The molecule has 0 fully saturated rings. The van der Waals surface area contributed by atoms with Crippen LogP contribution in [0.1, 0.15) is 21.6 Å². The van der Waals surface area contributed by atoms with Gasteiger partial charge < -0.3 is 19.3 Å². The van der Waals surface area contributed by atoms with Gasteiger partial charge in [-0.15, -0.1) is 0 Å². The fourth-order valence-corrected chi connectivity index (χ4v) is 2.03. The van der Waals surface area contributed by atoms with E-state index in [0.29, 0.717) is 23.9 Å². The van der Waals surface area contributed by atoms with Crippen molar-refractivity contribution in [2.45, 2.75) is 13.5 Å². The van der Waals surface area contributed by atoms with Crippen LogP contribution in [0.5, 0.6) is 17.4 Å². The Balaban J connectivity index is 1.70. The number of fused-ring (bicyclic) bond motifs is 1. The number of hydrogen-bond acceptors (Lipinski definition) is 5. The van der Waals surface area contributed by atoms with Crippen LogP contribution in [0.4, 0.5) is 0 Å². The zero-order valence-corrected chi connectivity index (χ0v) is 11.3. The Hall–Kier alpha value is -2.76. The highest BCUT2D eigenvalue weighted by Crippen LogP contribution is 2.32. The van der Waals surface area contributed by atoms with E-state index in [-0.39, 0.29) is 12.4 Å². The number of aromatic nitrogens is 1. The van der Waals surface area contributed by atoms with E-state index in [1.165, 1.54) is 6.07 Å². The van der Waals surface area contributed by atoms with Crippen LogP contribution in [0, 0.1) is 6.92 Å². The van der Waals surface area contributed by atoms with Crippen molar-refractivity contribution in [1.82, 2.24) is 4.98 Å². The Morgan fingerprint density at radius 1 is 1.29 bits per heavy atom. The number of ether oxygens (including phenoxy) is 3. The molecule has 21 heavy (non-hydrogen) atoms. The van der Waals surface area contributed by atoms with Gasteiger partial charge in [0.15, 0.2) is 11.5 Å². The Kier molecular flexibility index (Phi) is 3.35. The number of pyridine rings is 1. The summed E-state index contributed by atoms with van der Waals surface area (Å²) in [6, 6.07) is 8.59. The molecule has 1 N–H and O–H groups in total. The molecular weight excluding hydrogens is 274 g/mol. The first-order valence-corrected chi connectivity index (χ1v) is 6.36. The van der Waals surface area contributed by atoms with Crippen molar-refractivity contribution in [3.8, 4) is 17.4 Å². The maximum Gasteiger partial charge on any atom is 0.337 e. The average Bonchev–Trinajstić information content (AvgIpc) is 2.92. The van der Waals surface area contributed by atoms with Crippen LogP contribution < -0.4 is 14.2 Å². The summed E-state index contributed by atoms with van der Waals surface area (Å²) in [5.41, 5.74) is 1.51. The van der Waals surface area contributed by atoms with Gasteiger partial charge in [0.1, 0.15) is 6.61 Å². The van der Waals surface area contributed by atoms with Crippen LogP contribution in [-0.4, -0.2) is 22.9 Å². The van der Waals surface area contributed by atoms with E-state index in [1.54, 1.807) is 13.0 Å². The maximum absolute atomic E-state index is 10.9. The smallest absolute Gasteiger partial charge is 0.337 e. The van der Waals surface area contributed by atoms with E-state index in [9.17, 15) is 4.79 Å². The lowest BCUT2D eigenvalue weighted by atomic mass is 10.2. The molecule has 1 aromatic heterocycles. The van der Waals surface area contributed by atoms with Crippen LogP contribution >= 0.6 is 0 Å². The highest BCUT2D eigenvalue weighted by atomic mass is 16.7. The monoisotopic (exact) mass is 287 g/mol. The minimum Gasteiger partial charge on any atom is -0.478 e. The normalized spacial score (nSPS) is 12.2. The van der Waals surface area contributed by atoms with E-state index in [0.717, 1.165) is 11.3 Å². The van der Waals surface area contributed by atoms with Gasteiger partial charge in [0.05, 0.1) is 11.3 Å². The van der Waals surface area contributed by atoms with E-state index < -0.39 is 5.97 Å². The van der Waals surface area contributed by atoms with Gasteiger partial charge in [-0.1, -0.05) is 6.07 Å². The Morgan fingerprint density at radius 2 is 2.10 bits per heavy atom. The minimum atomic E-state index is -0.998. The lowest BCUT2D eigenvalue weighted by molar-refractivity contribution is 0.0695. The van der Waals surface area contributed by atoms with Gasteiger partial charge in [0.2, 0.25) is 12.7 Å². The number of nitrogens with zero attached hydrogens (tertiary/aromatic N) is 1. The first kappa shape index (κ1) is 13.2. The van der Waals surface area contributed by atoms with Crippen molar-refractivity contribution < 1.29 is 24.1 Å². The first-order chi connectivity index (χ1) is 10.1. The van der Waals surface area contributed by atoms with Crippen LogP contribution in [0.15, 0.2) is 30.3 Å². The largest absolute Gasteiger partial charge is 0.478 e. The molecule has 2 aromatic rings. The first-order valence-electron chi connectivity index (χ1n) is 6.36. The molecule has 3 rings (SSSR count). The van der Waals surface area contributed by atoms with Gasteiger partial charge in [-0.05, 0) is 30.7 Å². The lowest BCUT2D eigenvalue weighted by Crippen LogP contribution is -2.04. The van der Waals surface area contributed by atoms with Crippen LogP contribution in [0.25, 0.3) is 0 Å². The Labute approximate surface area is 120 Å². The molecule has 0 amide bonds. The molecule has 0 radical (unpaired) electrons. The predicted octanol–water partition coefficient (Wildman–Crippen LogP) is 2.40. The molecule has 0 aliphatic carbocycles. The number of aromatic carboxylic acids is 1. The van der Waals surface area contributed by atoms with E-state index in [1.807, 2.05) is 18.2 Å². The van der Waals surface area contributed by atoms with Gasteiger partial charge in [0.25, 0.3) is 0 Å². The number of carboxylic acid groups (broad SMARTS) is 1. The Bertz CT molecular complexity index is 698. The van der Waals surface area contributed by atoms with Gasteiger partial charge in [-0.25, -0.2) is 9.78 Å². The van der Waals surface area contributed by atoms with E-state index in [2.05, 4.69) is 4.98 Å². The van der Waals surface area contributed by atoms with Crippen molar-refractivity contribution >= 4 is 5.97 Å². The SMILES string of the molecule is Cc1nc(OCc2ccc3c(c2)OCO3)ccc1C(=O)O. The average molecular weight is 287 g/mol. The summed E-state index contributed by atoms with van der Waals surface area (Å²) >= 11 is 0. The molecule has 0 spiro atoms. The molecule has 0 saturated carbocycles. The lowest BCUT2D eigenvalue weighted by Gasteiger charge is -2.08. The second kappa shape index (κ2) is 5.32. The summed E-state index contributed by atoms with van der Waals surface area (Å²) in [6.07, 6.45) is 0. The molecule has 0 saturated heterocycles. The standard InChI is InChI=1S/C15H13NO5/c1-9-11(15(17)18)3-5-14(16-9)19-7-10-2-4-12-13(6-10)21-8-20-12/h2-6H,7-8H2,1H3,(H,17,18). The number of benzene rings is 1. The zero-order chi connectivity index (χ0) is 14.8. The summed E-state index contributed by atoms with van der Waals surface area (Å²) in [6.45, 7) is 2.18. The van der Waals surface area contributed by atoms with Crippen LogP contribution in [0.2, 0.25) is 0 Å². The fourth-order valence-electron chi connectivity index (χ4n) is 2.03.